The first-order chi connectivity index (χ1) is 12.0. The van der Waals surface area contributed by atoms with Gasteiger partial charge in [-0.05, 0) is 18.1 Å². The second-order valence-corrected chi connectivity index (χ2v) is 6.01. The molecule has 0 unspecified atom stereocenters. The number of hydrogen-bond donors (Lipinski definition) is 3. The van der Waals surface area contributed by atoms with Gasteiger partial charge in [-0.2, -0.15) is 5.10 Å². The van der Waals surface area contributed by atoms with E-state index < -0.39 is 11.7 Å². The van der Waals surface area contributed by atoms with Crippen LogP contribution in [0, 0.1) is 5.92 Å². The topological polar surface area (TPSA) is 126 Å². The van der Waals surface area contributed by atoms with Gasteiger partial charge in [0.05, 0.1) is 23.8 Å². The van der Waals surface area contributed by atoms with E-state index in [1.807, 2.05) is 13.8 Å². The summed E-state index contributed by atoms with van der Waals surface area (Å²) in [4.78, 5) is 43.1. The first-order valence-corrected chi connectivity index (χ1v) is 7.84. The zero-order chi connectivity index (χ0) is 18.0. The smallest absolute Gasteiger partial charge is 0.340 e. The van der Waals surface area contributed by atoms with Gasteiger partial charge in [-0.1, -0.05) is 26.0 Å². The summed E-state index contributed by atoms with van der Waals surface area (Å²) >= 11 is 0. The standard InChI is InChI=1S/C16H18N6O3/c1-9(2)13(14(23)17-7-12-19-16(25)21-20-12)22-8-18-11-6-4-3-5-10(11)15(22)24/h3-6,8-9,13H,7H2,1-2H3,(H,17,23)(H2,19,20,21,25)/t13-/m0/s1. The van der Waals surface area contributed by atoms with Crippen LogP contribution in [0.5, 0.6) is 0 Å². The van der Waals surface area contributed by atoms with Crippen molar-refractivity contribution in [2.45, 2.75) is 26.4 Å². The monoisotopic (exact) mass is 342 g/mol. The van der Waals surface area contributed by atoms with Crippen LogP contribution in [0.25, 0.3) is 10.9 Å². The minimum Gasteiger partial charge on any atom is -0.347 e. The van der Waals surface area contributed by atoms with E-state index >= 15 is 0 Å². The molecule has 3 rings (SSSR count). The normalized spacial score (nSPS) is 12.4. The first kappa shape index (κ1) is 16.6. The van der Waals surface area contributed by atoms with E-state index in [0.29, 0.717) is 16.7 Å². The summed E-state index contributed by atoms with van der Waals surface area (Å²) in [6, 6.07) is 6.27. The number of nitrogens with zero attached hydrogens (tertiary/aromatic N) is 3. The third-order valence-corrected chi connectivity index (χ3v) is 3.87. The fraction of sp³-hybridized carbons (Fsp3) is 0.312. The number of fused-ring (bicyclic) bond motifs is 1. The SMILES string of the molecule is CC(C)[C@@H](C(=O)NCc1n[nH]c(=O)[nH]1)n1cnc2ccccc2c1=O. The molecule has 1 atom stereocenters. The van der Waals surface area contributed by atoms with Gasteiger partial charge < -0.3 is 5.32 Å². The molecule has 25 heavy (non-hydrogen) atoms. The number of aromatic amines is 2. The highest BCUT2D eigenvalue weighted by molar-refractivity contribution is 5.81. The van der Waals surface area contributed by atoms with Crippen LogP contribution < -0.4 is 16.6 Å². The van der Waals surface area contributed by atoms with Gasteiger partial charge in [-0.25, -0.2) is 14.9 Å². The van der Waals surface area contributed by atoms with Gasteiger partial charge in [0.15, 0.2) is 0 Å². The van der Waals surface area contributed by atoms with Crippen molar-refractivity contribution in [2.24, 2.45) is 5.92 Å². The maximum atomic E-state index is 12.7. The maximum Gasteiger partial charge on any atom is 0.340 e. The number of benzene rings is 1. The Bertz CT molecular complexity index is 1020. The Morgan fingerprint density at radius 2 is 2.04 bits per heavy atom. The van der Waals surface area contributed by atoms with E-state index in [-0.39, 0.29) is 23.9 Å². The van der Waals surface area contributed by atoms with Crippen LogP contribution in [0.4, 0.5) is 0 Å². The summed E-state index contributed by atoms with van der Waals surface area (Å²) < 4.78 is 1.34. The number of nitrogens with one attached hydrogen (secondary N) is 3. The predicted octanol–water partition coefficient (Wildman–Crippen LogP) is 0.321. The van der Waals surface area contributed by atoms with Crippen LogP contribution in [0.15, 0.2) is 40.2 Å². The van der Waals surface area contributed by atoms with E-state index in [4.69, 9.17) is 0 Å². The lowest BCUT2D eigenvalue weighted by molar-refractivity contribution is -0.125. The van der Waals surface area contributed by atoms with Gasteiger partial charge in [-0.3, -0.25) is 19.1 Å². The summed E-state index contributed by atoms with van der Waals surface area (Å²) in [7, 11) is 0. The summed E-state index contributed by atoms with van der Waals surface area (Å²) in [5.41, 5.74) is -0.131. The van der Waals surface area contributed by atoms with E-state index in [2.05, 4.69) is 25.5 Å². The lowest BCUT2D eigenvalue weighted by Gasteiger charge is -2.22. The number of carbonyl (C=O) groups is 1. The van der Waals surface area contributed by atoms with E-state index in [1.165, 1.54) is 10.9 Å². The minimum absolute atomic E-state index is 0.0521. The van der Waals surface area contributed by atoms with Gasteiger partial charge >= 0.3 is 5.69 Å². The molecule has 0 aliphatic rings. The molecule has 0 aliphatic heterocycles. The highest BCUT2D eigenvalue weighted by Gasteiger charge is 2.26. The molecule has 9 heteroatoms. The molecule has 0 spiro atoms. The molecule has 130 valence electrons. The summed E-state index contributed by atoms with van der Waals surface area (Å²) in [5.74, 6) is -0.179. The predicted molar refractivity (Wildman–Crippen MR) is 90.9 cm³/mol. The van der Waals surface area contributed by atoms with Crippen molar-refractivity contribution in [1.82, 2.24) is 30.0 Å². The number of carbonyl (C=O) groups excluding carboxylic acids is 1. The Hall–Kier alpha value is -3.23. The largest absolute Gasteiger partial charge is 0.347 e. The fourth-order valence-corrected chi connectivity index (χ4v) is 2.70. The van der Waals surface area contributed by atoms with Gasteiger partial charge in [0, 0.05) is 0 Å². The molecule has 2 aromatic heterocycles. The maximum absolute atomic E-state index is 12.7. The van der Waals surface area contributed by atoms with Crippen LogP contribution in [-0.2, 0) is 11.3 Å². The van der Waals surface area contributed by atoms with Gasteiger partial charge in [0.2, 0.25) is 5.91 Å². The number of para-hydroxylation sites is 1. The molecule has 9 nitrogen and oxygen atoms in total. The van der Waals surface area contributed by atoms with Crippen molar-refractivity contribution >= 4 is 16.8 Å². The fourth-order valence-electron chi connectivity index (χ4n) is 2.70. The van der Waals surface area contributed by atoms with Gasteiger partial charge in [-0.15, -0.1) is 0 Å². The average molecular weight is 342 g/mol. The molecule has 3 aromatic rings. The molecule has 1 aromatic carbocycles. The highest BCUT2D eigenvalue weighted by atomic mass is 16.2. The van der Waals surface area contributed by atoms with Crippen LogP contribution >= 0.6 is 0 Å². The first-order valence-electron chi connectivity index (χ1n) is 7.84. The van der Waals surface area contributed by atoms with Crippen LogP contribution in [0.1, 0.15) is 25.7 Å². The number of amides is 1. The lowest BCUT2D eigenvalue weighted by Crippen LogP contribution is -2.40. The summed E-state index contributed by atoms with van der Waals surface area (Å²) in [5, 5.41) is 9.11. The van der Waals surface area contributed by atoms with Crippen molar-refractivity contribution < 1.29 is 4.79 Å². The molecule has 3 N–H and O–H groups in total. The Balaban J connectivity index is 1.90. The molecule has 0 saturated heterocycles. The summed E-state index contributed by atoms with van der Waals surface area (Å²) in [6.45, 7) is 3.75. The Morgan fingerprint density at radius 1 is 1.28 bits per heavy atom. The summed E-state index contributed by atoms with van der Waals surface area (Å²) in [6.07, 6.45) is 1.39. The number of aromatic nitrogens is 5. The Kier molecular flexibility index (Phi) is 4.46. The molecule has 0 bridgehead atoms. The van der Waals surface area contributed by atoms with Crippen LogP contribution in [0.2, 0.25) is 0 Å². The lowest BCUT2D eigenvalue weighted by atomic mass is 10.0. The minimum atomic E-state index is -0.727. The van der Waals surface area contributed by atoms with Crippen LogP contribution in [0.3, 0.4) is 0 Å². The molecule has 0 aliphatic carbocycles. The Morgan fingerprint density at radius 3 is 2.72 bits per heavy atom. The van der Waals surface area contributed by atoms with E-state index in [0.717, 1.165) is 0 Å². The quantitative estimate of drug-likeness (QED) is 0.616. The number of H-pyrrole nitrogens is 2. The molecule has 0 saturated carbocycles. The zero-order valence-corrected chi connectivity index (χ0v) is 13.8. The van der Waals surface area contributed by atoms with E-state index in [1.54, 1.807) is 24.3 Å². The van der Waals surface area contributed by atoms with Crippen molar-refractivity contribution in [3.8, 4) is 0 Å². The average Bonchev–Trinajstić information content (AvgIpc) is 3.01. The third-order valence-electron chi connectivity index (χ3n) is 3.87. The van der Waals surface area contributed by atoms with E-state index in [9.17, 15) is 14.4 Å². The Labute approximate surface area is 142 Å². The van der Waals surface area contributed by atoms with Crippen molar-refractivity contribution in [3.05, 3.63) is 57.3 Å². The van der Waals surface area contributed by atoms with Crippen molar-refractivity contribution in [1.29, 1.82) is 0 Å². The van der Waals surface area contributed by atoms with Crippen molar-refractivity contribution in [3.63, 3.8) is 0 Å². The zero-order valence-electron chi connectivity index (χ0n) is 13.8. The highest BCUT2D eigenvalue weighted by Crippen LogP contribution is 2.17. The van der Waals surface area contributed by atoms with Gasteiger partial charge in [0.25, 0.3) is 5.56 Å². The second-order valence-electron chi connectivity index (χ2n) is 6.01. The third kappa shape index (κ3) is 3.35. The van der Waals surface area contributed by atoms with Crippen LogP contribution in [-0.4, -0.2) is 30.6 Å². The molecule has 2 heterocycles. The molecular weight excluding hydrogens is 324 g/mol. The molecule has 1 amide bonds. The number of hydrogen-bond acceptors (Lipinski definition) is 5. The second kappa shape index (κ2) is 6.71. The number of rotatable bonds is 5. The van der Waals surface area contributed by atoms with Crippen molar-refractivity contribution in [2.75, 3.05) is 0 Å². The molecule has 0 fully saturated rings. The van der Waals surface area contributed by atoms with Gasteiger partial charge in [0.1, 0.15) is 11.9 Å². The molecule has 0 radical (unpaired) electrons. The molecular formula is C16H18N6O3.